The SMILES string of the molecule is Cc1cnc(CN(CCCCN)Cc2ncccc2N)c(C)c1. The highest BCUT2D eigenvalue weighted by molar-refractivity contribution is 5.41. The Morgan fingerprint density at radius 3 is 2.57 bits per heavy atom. The van der Waals surface area contributed by atoms with Gasteiger partial charge in [0.2, 0.25) is 0 Å². The van der Waals surface area contributed by atoms with Gasteiger partial charge in [0.25, 0.3) is 0 Å². The number of anilines is 1. The number of nitrogen functional groups attached to an aromatic ring is 1. The second-order valence-corrected chi connectivity index (χ2v) is 6.02. The Labute approximate surface area is 138 Å². The Morgan fingerprint density at radius 2 is 1.87 bits per heavy atom. The van der Waals surface area contributed by atoms with Gasteiger partial charge in [-0.2, -0.15) is 0 Å². The molecule has 0 spiro atoms. The van der Waals surface area contributed by atoms with Crippen molar-refractivity contribution in [3.8, 4) is 0 Å². The van der Waals surface area contributed by atoms with Crippen LogP contribution in [0.15, 0.2) is 30.6 Å². The van der Waals surface area contributed by atoms with E-state index in [4.69, 9.17) is 11.5 Å². The Balaban J connectivity index is 2.11. The molecule has 2 rings (SSSR count). The number of aryl methyl sites for hydroxylation is 2. The van der Waals surface area contributed by atoms with Gasteiger partial charge in [-0.05, 0) is 63.0 Å². The summed E-state index contributed by atoms with van der Waals surface area (Å²) in [5.41, 5.74) is 16.8. The van der Waals surface area contributed by atoms with Crippen molar-refractivity contribution in [3.63, 3.8) is 0 Å². The Hall–Kier alpha value is -1.98. The first-order valence-corrected chi connectivity index (χ1v) is 8.14. The first-order valence-electron chi connectivity index (χ1n) is 8.14. The topological polar surface area (TPSA) is 81.1 Å². The summed E-state index contributed by atoms with van der Waals surface area (Å²) in [5, 5.41) is 0. The lowest BCUT2D eigenvalue weighted by Gasteiger charge is -2.23. The second-order valence-electron chi connectivity index (χ2n) is 6.02. The van der Waals surface area contributed by atoms with Crippen molar-refractivity contribution in [2.45, 2.75) is 39.8 Å². The lowest BCUT2D eigenvalue weighted by molar-refractivity contribution is 0.246. The van der Waals surface area contributed by atoms with Gasteiger partial charge in [0.05, 0.1) is 17.1 Å². The molecule has 2 aromatic heterocycles. The van der Waals surface area contributed by atoms with Gasteiger partial charge in [-0.3, -0.25) is 14.9 Å². The first kappa shape index (κ1) is 17.4. The van der Waals surface area contributed by atoms with Crippen LogP contribution in [0.3, 0.4) is 0 Å². The van der Waals surface area contributed by atoms with E-state index >= 15 is 0 Å². The third kappa shape index (κ3) is 5.30. The molecule has 124 valence electrons. The number of hydrogen-bond donors (Lipinski definition) is 2. The number of pyridine rings is 2. The van der Waals surface area contributed by atoms with E-state index in [1.165, 1.54) is 11.1 Å². The van der Waals surface area contributed by atoms with Crippen molar-refractivity contribution in [1.82, 2.24) is 14.9 Å². The molecule has 0 saturated carbocycles. The molecule has 2 heterocycles. The van der Waals surface area contributed by atoms with E-state index in [-0.39, 0.29) is 0 Å². The van der Waals surface area contributed by atoms with Crippen LogP contribution >= 0.6 is 0 Å². The molecule has 0 unspecified atom stereocenters. The quantitative estimate of drug-likeness (QED) is 0.732. The molecule has 0 amide bonds. The summed E-state index contributed by atoms with van der Waals surface area (Å²) in [7, 11) is 0. The molecule has 0 saturated heterocycles. The average molecular weight is 313 g/mol. The first-order chi connectivity index (χ1) is 11.1. The zero-order chi connectivity index (χ0) is 16.7. The standard InChI is InChI=1S/C18H27N5/c1-14-10-15(2)17(22-11-14)12-23(9-4-3-7-19)13-18-16(20)6-5-8-21-18/h5-6,8,10-11H,3-4,7,9,12-13,19-20H2,1-2H3. The molecule has 0 radical (unpaired) electrons. The predicted molar refractivity (Wildman–Crippen MR) is 94.8 cm³/mol. The highest BCUT2D eigenvalue weighted by Gasteiger charge is 2.12. The monoisotopic (exact) mass is 313 g/mol. The number of rotatable bonds is 8. The fourth-order valence-electron chi connectivity index (χ4n) is 2.61. The van der Waals surface area contributed by atoms with Crippen LogP contribution in [0.2, 0.25) is 0 Å². The number of aromatic nitrogens is 2. The minimum absolute atomic E-state index is 0.724. The zero-order valence-electron chi connectivity index (χ0n) is 14.1. The minimum Gasteiger partial charge on any atom is -0.397 e. The van der Waals surface area contributed by atoms with Crippen LogP contribution in [0.5, 0.6) is 0 Å². The molecular formula is C18H27N5. The van der Waals surface area contributed by atoms with Crippen LogP contribution in [0.4, 0.5) is 5.69 Å². The van der Waals surface area contributed by atoms with Crippen LogP contribution in [0, 0.1) is 13.8 Å². The van der Waals surface area contributed by atoms with E-state index in [0.717, 1.165) is 56.1 Å². The van der Waals surface area contributed by atoms with Crippen molar-refractivity contribution < 1.29 is 0 Å². The summed E-state index contributed by atoms with van der Waals surface area (Å²) in [5.74, 6) is 0. The number of nitrogens with two attached hydrogens (primary N) is 2. The van der Waals surface area contributed by atoms with Crippen LogP contribution in [0.25, 0.3) is 0 Å². The van der Waals surface area contributed by atoms with Gasteiger partial charge < -0.3 is 11.5 Å². The van der Waals surface area contributed by atoms with E-state index in [2.05, 4.69) is 34.8 Å². The van der Waals surface area contributed by atoms with Crippen molar-refractivity contribution in [3.05, 3.63) is 53.1 Å². The molecule has 5 nitrogen and oxygen atoms in total. The van der Waals surface area contributed by atoms with Crippen LogP contribution in [-0.2, 0) is 13.1 Å². The van der Waals surface area contributed by atoms with E-state index in [1.807, 2.05) is 18.3 Å². The van der Waals surface area contributed by atoms with Crippen LogP contribution in [-0.4, -0.2) is 28.0 Å². The lowest BCUT2D eigenvalue weighted by Crippen LogP contribution is -2.26. The van der Waals surface area contributed by atoms with Gasteiger partial charge in [0.1, 0.15) is 0 Å². The number of unbranched alkanes of at least 4 members (excludes halogenated alkanes) is 1. The summed E-state index contributed by atoms with van der Waals surface area (Å²) in [6.07, 6.45) is 5.80. The molecule has 0 bridgehead atoms. The molecule has 5 heteroatoms. The lowest BCUT2D eigenvalue weighted by atomic mass is 10.1. The van der Waals surface area contributed by atoms with E-state index in [1.54, 1.807) is 6.20 Å². The summed E-state index contributed by atoms with van der Waals surface area (Å²) in [6, 6.07) is 5.94. The van der Waals surface area contributed by atoms with Crippen LogP contribution < -0.4 is 11.5 Å². The van der Waals surface area contributed by atoms with Gasteiger partial charge in [-0.1, -0.05) is 6.07 Å². The van der Waals surface area contributed by atoms with E-state index in [0.29, 0.717) is 0 Å². The van der Waals surface area contributed by atoms with E-state index in [9.17, 15) is 0 Å². The molecule has 0 aliphatic rings. The van der Waals surface area contributed by atoms with E-state index < -0.39 is 0 Å². The van der Waals surface area contributed by atoms with Gasteiger partial charge in [0, 0.05) is 25.5 Å². The highest BCUT2D eigenvalue weighted by atomic mass is 15.1. The van der Waals surface area contributed by atoms with Crippen molar-refractivity contribution in [1.29, 1.82) is 0 Å². The smallest absolute Gasteiger partial charge is 0.0772 e. The minimum atomic E-state index is 0.724. The Kier molecular flexibility index (Phi) is 6.50. The van der Waals surface area contributed by atoms with Crippen molar-refractivity contribution in [2.75, 3.05) is 18.8 Å². The number of nitrogens with zero attached hydrogens (tertiary/aromatic N) is 3. The number of hydrogen-bond acceptors (Lipinski definition) is 5. The molecule has 4 N–H and O–H groups in total. The molecular weight excluding hydrogens is 286 g/mol. The summed E-state index contributed by atoms with van der Waals surface area (Å²) in [6.45, 7) is 7.39. The largest absolute Gasteiger partial charge is 0.397 e. The van der Waals surface area contributed by atoms with Crippen molar-refractivity contribution in [2.24, 2.45) is 5.73 Å². The summed E-state index contributed by atoms with van der Waals surface area (Å²) < 4.78 is 0. The van der Waals surface area contributed by atoms with Gasteiger partial charge in [-0.15, -0.1) is 0 Å². The molecule has 0 aromatic carbocycles. The molecule has 23 heavy (non-hydrogen) atoms. The Bertz CT molecular complexity index is 627. The highest BCUT2D eigenvalue weighted by Crippen LogP contribution is 2.15. The summed E-state index contributed by atoms with van der Waals surface area (Å²) >= 11 is 0. The zero-order valence-corrected chi connectivity index (χ0v) is 14.1. The van der Waals surface area contributed by atoms with Gasteiger partial charge >= 0.3 is 0 Å². The predicted octanol–water partition coefficient (Wildman–Crippen LogP) is 2.42. The molecule has 0 atom stereocenters. The maximum atomic E-state index is 6.04. The molecule has 2 aromatic rings. The van der Waals surface area contributed by atoms with Gasteiger partial charge in [0.15, 0.2) is 0 Å². The fourth-order valence-corrected chi connectivity index (χ4v) is 2.61. The maximum absolute atomic E-state index is 6.04. The molecule has 0 aliphatic carbocycles. The molecule has 0 fully saturated rings. The third-order valence-corrected chi connectivity index (χ3v) is 3.92. The summed E-state index contributed by atoms with van der Waals surface area (Å²) in [4.78, 5) is 11.4. The fraction of sp³-hybridized carbons (Fsp3) is 0.444. The normalized spacial score (nSPS) is 11.1. The van der Waals surface area contributed by atoms with Crippen molar-refractivity contribution >= 4 is 5.69 Å². The Morgan fingerprint density at radius 1 is 1.09 bits per heavy atom. The second kappa shape index (κ2) is 8.60. The van der Waals surface area contributed by atoms with Crippen LogP contribution in [0.1, 0.15) is 35.4 Å². The maximum Gasteiger partial charge on any atom is 0.0772 e. The van der Waals surface area contributed by atoms with Gasteiger partial charge in [-0.25, -0.2) is 0 Å². The average Bonchev–Trinajstić information content (AvgIpc) is 2.52. The third-order valence-electron chi connectivity index (χ3n) is 3.92. The molecule has 0 aliphatic heterocycles.